The number of rotatable bonds is 4. The van der Waals surface area contributed by atoms with Gasteiger partial charge in [-0.3, -0.25) is 0 Å². The molecule has 0 aliphatic carbocycles. The van der Waals surface area contributed by atoms with Crippen LogP contribution in [0.1, 0.15) is 18.6 Å². The van der Waals surface area contributed by atoms with Gasteiger partial charge in [-0.25, -0.2) is 0 Å². The fourth-order valence-electron chi connectivity index (χ4n) is 1.87. The Hall–Kier alpha value is -0.550. The minimum Gasteiger partial charge on any atom is -0.483 e. The van der Waals surface area contributed by atoms with Gasteiger partial charge in [-0.15, -0.1) is 0 Å². The second-order valence-corrected chi connectivity index (χ2v) is 6.67. The van der Waals surface area contributed by atoms with E-state index in [1.807, 2.05) is 43.3 Å². The molecule has 2 rings (SSSR count). The first-order chi connectivity index (χ1) is 9.49. The summed E-state index contributed by atoms with van der Waals surface area (Å²) >= 11 is 13.1. The molecule has 2 N–H and O–H groups in total. The average Bonchev–Trinajstić information content (AvgIpc) is 2.39. The lowest BCUT2D eigenvalue weighted by Gasteiger charge is -2.24. The fraction of sp³-hybridized carbons (Fsp3) is 0.200. The van der Waals surface area contributed by atoms with Gasteiger partial charge in [0.1, 0.15) is 11.9 Å². The predicted octanol–water partition coefficient (Wildman–Crippen LogP) is 5.33. The molecule has 5 heteroatoms. The zero-order valence-corrected chi connectivity index (χ0v) is 14.7. The molecule has 0 aliphatic heterocycles. The van der Waals surface area contributed by atoms with Crippen molar-refractivity contribution in [2.75, 3.05) is 0 Å². The van der Waals surface area contributed by atoms with Gasteiger partial charge in [0.2, 0.25) is 0 Å². The third-order valence-electron chi connectivity index (χ3n) is 2.84. The van der Waals surface area contributed by atoms with Crippen LogP contribution in [-0.2, 0) is 0 Å². The van der Waals surface area contributed by atoms with Crippen LogP contribution in [0, 0.1) is 0 Å². The van der Waals surface area contributed by atoms with Crippen molar-refractivity contribution < 1.29 is 4.74 Å². The SMILES string of the molecule is CC(N)C(Oc1ccc(Br)cc1Cl)c1ccccc1Br. The highest BCUT2D eigenvalue weighted by Gasteiger charge is 2.21. The Morgan fingerprint density at radius 2 is 1.85 bits per heavy atom. The van der Waals surface area contributed by atoms with Crippen molar-refractivity contribution in [3.8, 4) is 5.75 Å². The van der Waals surface area contributed by atoms with Gasteiger partial charge in [-0.2, -0.15) is 0 Å². The second kappa shape index (κ2) is 6.94. The van der Waals surface area contributed by atoms with Crippen molar-refractivity contribution in [2.24, 2.45) is 5.73 Å². The van der Waals surface area contributed by atoms with E-state index in [1.165, 1.54) is 0 Å². The topological polar surface area (TPSA) is 35.2 Å². The molecule has 0 heterocycles. The summed E-state index contributed by atoms with van der Waals surface area (Å²) < 4.78 is 7.90. The van der Waals surface area contributed by atoms with Crippen molar-refractivity contribution in [3.63, 3.8) is 0 Å². The van der Waals surface area contributed by atoms with Crippen LogP contribution >= 0.6 is 43.5 Å². The smallest absolute Gasteiger partial charge is 0.140 e. The highest BCUT2D eigenvalue weighted by Crippen LogP contribution is 2.34. The van der Waals surface area contributed by atoms with Crippen molar-refractivity contribution in [3.05, 3.63) is 62.0 Å². The maximum absolute atomic E-state index is 6.20. The summed E-state index contributed by atoms with van der Waals surface area (Å²) in [5.41, 5.74) is 7.07. The maximum Gasteiger partial charge on any atom is 0.140 e. The van der Waals surface area contributed by atoms with E-state index in [1.54, 1.807) is 6.07 Å². The molecule has 20 heavy (non-hydrogen) atoms. The lowest BCUT2D eigenvalue weighted by Crippen LogP contribution is -2.29. The molecule has 2 atom stereocenters. The molecule has 2 aromatic rings. The highest BCUT2D eigenvalue weighted by molar-refractivity contribution is 9.10. The van der Waals surface area contributed by atoms with Crippen molar-refractivity contribution in [2.45, 2.75) is 19.1 Å². The molecule has 0 radical (unpaired) electrons. The van der Waals surface area contributed by atoms with E-state index >= 15 is 0 Å². The third kappa shape index (κ3) is 3.76. The number of hydrogen-bond donors (Lipinski definition) is 1. The third-order valence-corrected chi connectivity index (χ3v) is 4.35. The van der Waals surface area contributed by atoms with Gasteiger partial charge < -0.3 is 10.5 Å². The van der Waals surface area contributed by atoms with E-state index in [4.69, 9.17) is 22.1 Å². The standard InChI is InChI=1S/C15H14Br2ClNO/c1-9(19)15(11-4-2-3-5-12(11)17)20-14-7-6-10(16)8-13(14)18/h2-9,15H,19H2,1H3. The normalized spacial score (nSPS) is 13.8. The number of hydrogen-bond acceptors (Lipinski definition) is 2. The van der Waals surface area contributed by atoms with Crippen LogP contribution in [-0.4, -0.2) is 6.04 Å². The number of benzene rings is 2. The number of ether oxygens (including phenoxy) is 1. The molecule has 0 aromatic heterocycles. The molecular weight excluding hydrogens is 405 g/mol. The van der Waals surface area contributed by atoms with Crippen molar-refractivity contribution in [1.29, 1.82) is 0 Å². The Morgan fingerprint density at radius 3 is 2.45 bits per heavy atom. The lowest BCUT2D eigenvalue weighted by atomic mass is 10.0. The first kappa shape index (κ1) is 15.8. The molecule has 2 unspecified atom stereocenters. The minimum atomic E-state index is -0.274. The summed E-state index contributed by atoms with van der Waals surface area (Å²) in [6.45, 7) is 1.91. The van der Waals surface area contributed by atoms with E-state index in [-0.39, 0.29) is 12.1 Å². The van der Waals surface area contributed by atoms with E-state index in [9.17, 15) is 0 Å². The predicted molar refractivity (Wildman–Crippen MR) is 90.3 cm³/mol. The summed E-state index contributed by atoms with van der Waals surface area (Å²) in [6, 6.07) is 13.2. The fourth-order valence-corrected chi connectivity index (χ4v) is 3.10. The first-order valence-electron chi connectivity index (χ1n) is 6.10. The number of halogens is 3. The molecule has 106 valence electrons. The maximum atomic E-state index is 6.20. The van der Waals surface area contributed by atoms with Crippen LogP contribution in [0.4, 0.5) is 0 Å². The highest BCUT2D eigenvalue weighted by atomic mass is 79.9. The minimum absolute atomic E-state index is 0.173. The van der Waals surface area contributed by atoms with Crippen LogP contribution < -0.4 is 10.5 Å². The van der Waals surface area contributed by atoms with Gasteiger partial charge in [0.05, 0.1) is 5.02 Å². The Kier molecular flexibility index (Phi) is 5.49. The Balaban J connectivity index is 2.33. The van der Waals surface area contributed by atoms with Gasteiger partial charge in [-0.05, 0) is 31.2 Å². The molecule has 0 spiro atoms. The van der Waals surface area contributed by atoms with E-state index in [0.29, 0.717) is 10.8 Å². The van der Waals surface area contributed by atoms with E-state index < -0.39 is 0 Å². The Bertz CT molecular complexity index is 604. The molecule has 0 amide bonds. The Morgan fingerprint density at radius 1 is 1.15 bits per heavy atom. The van der Waals surface area contributed by atoms with Crippen LogP contribution in [0.2, 0.25) is 5.02 Å². The van der Waals surface area contributed by atoms with Crippen LogP contribution in [0.3, 0.4) is 0 Å². The summed E-state index contributed by atoms with van der Waals surface area (Å²) in [7, 11) is 0. The second-order valence-electron chi connectivity index (χ2n) is 4.49. The summed E-state index contributed by atoms with van der Waals surface area (Å²) in [5, 5.41) is 0.553. The average molecular weight is 420 g/mol. The van der Waals surface area contributed by atoms with Gasteiger partial charge in [-0.1, -0.05) is 61.7 Å². The molecule has 2 aromatic carbocycles. The van der Waals surface area contributed by atoms with Crippen LogP contribution in [0.25, 0.3) is 0 Å². The quantitative estimate of drug-likeness (QED) is 0.727. The molecule has 0 aliphatic rings. The van der Waals surface area contributed by atoms with Gasteiger partial charge in [0.15, 0.2) is 0 Å². The molecule has 0 fully saturated rings. The van der Waals surface area contributed by atoms with Crippen LogP contribution in [0.5, 0.6) is 5.75 Å². The van der Waals surface area contributed by atoms with Crippen LogP contribution in [0.15, 0.2) is 51.4 Å². The molecule has 0 bridgehead atoms. The molecular formula is C15H14Br2ClNO. The van der Waals surface area contributed by atoms with Gasteiger partial charge in [0, 0.05) is 20.6 Å². The van der Waals surface area contributed by atoms with Crippen molar-refractivity contribution >= 4 is 43.5 Å². The van der Waals surface area contributed by atoms with Crippen molar-refractivity contribution in [1.82, 2.24) is 0 Å². The monoisotopic (exact) mass is 417 g/mol. The summed E-state index contributed by atoms with van der Waals surface area (Å²) in [6.07, 6.45) is -0.274. The van der Waals surface area contributed by atoms with Gasteiger partial charge >= 0.3 is 0 Å². The molecule has 0 saturated heterocycles. The lowest BCUT2D eigenvalue weighted by molar-refractivity contribution is 0.180. The zero-order valence-electron chi connectivity index (χ0n) is 10.8. The van der Waals surface area contributed by atoms with E-state index in [0.717, 1.165) is 14.5 Å². The largest absolute Gasteiger partial charge is 0.483 e. The Labute approximate surface area is 140 Å². The first-order valence-corrected chi connectivity index (χ1v) is 8.07. The number of nitrogens with two attached hydrogens (primary N) is 1. The van der Waals surface area contributed by atoms with E-state index in [2.05, 4.69) is 31.9 Å². The van der Waals surface area contributed by atoms with Gasteiger partial charge in [0.25, 0.3) is 0 Å². The molecule has 0 saturated carbocycles. The summed E-state index contributed by atoms with van der Waals surface area (Å²) in [4.78, 5) is 0. The zero-order chi connectivity index (χ0) is 14.7. The summed E-state index contributed by atoms with van der Waals surface area (Å²) in [5.74, 6) is 0.618. The molecule has 2 nitrogen and oxygen atoms in total.